The molecule has 0 unspecified atom stereocenters. The van der Waals surface area contributed by atoms with Crippen molar-refractivity contribution in [2.45, 2.75) is 6.54 Å². The normalized spacial score (nSPS) is 10.4. The van der Waals surface area contributed by atoms with Crippen LogP contribution in [0.3, 0.4) is 0 Å². The Morgan fingerprint density at radius 2 is 1.54 bits per heavy atom. The maximum Gasteiger partial charge on any atom is 0.258 e. The topological polar surface area (TPSA) is 88.9 Å². The predicted octanol–water partition coefficient (Wildman–Crippen LogP) is 2.45. The van der Waals surface area contributed by atoms with Gasteiger partial charge in [-0.05, 0) is 48.5 Å². The zero-order valence-corrected chi connectivity index (χ0v) is 13.3. The van der Waals surface area contributed by atoms with Crippen LogP contribution in [0.4, 0.5) is 20.4 Å². The maximum atomic E-state index is 12.9. The molecule has 1 aromatic heterocycles. The molecule has 0 aliphatic rings. The molecule has 2 N–H and O–H groups in total. The summed E-state index contributed by atoms with van der Waals surface area (Å²) in [5, 5.41) is 9.00. The molecule has 0 atom stereocenters. The van der Waals surface area contributed by atoms with Crippen LogP contribution >= 0.6 is 0 Å². The van der Waals surface area contributed by atoms with E-state index in [-0.39, 0.29) is 18.1 Å². The first kappa shape index (κ1) is 17.2. The van der Waals surface area contributed by atoms with Crippen molar-refractivity contribution in [1.82, 2.24) is 14.8 Å². The van der Waals surface area contributed by atoms with Crippen LogP contribution in [0.15, 0.2) is 54.9 Å². The van der Waals surface area contributed by atoms with Crippen LogP contribution in [0.2, 0.25) is 0 Å². The third-order valence-corrected chi connectivity index (χ3v) is 3.30. The Kier molecular flexibility index (Phi) is 4.97. The molecular formula is C17H13F2N5O2. The quantitative estimate of drug-likeness (QED) is 0.734. The minimum Gasteiger partial charge on any atom is -0.324 e. The maximum absolute atomic E-state index is 12.9. The lowest BCUT2D eigenvalue weighted by Gasteiger charge is -2.04. The zero-order valence-electron chi connectivity index (χ0n) is 13.3. The van der Waals surface area contributed by atoms with Crippen LogP contribution in [0.1, 0.15) is 10.4 Å². The second-order valence-corrected chi connectivity index (χ2v) is 5.28. The summed E-state index contributed by atoms with van der Waals surface area (Å²) in [7, 11) is 0. The fraction of sp³-hybridized carbons (Fsp3) is 0.0588. The Labute approximate surface area is 146 Å². The molecule has 9 heteroatoms. The number of carbonyl (C=O) groups is 2. The summed E-state index contributed by atoms with van der Waals surface area (Å²) in [5.74, 6) is -1.73. The Morgan fingerprint density at radius 1 is 0.923 bits per heavy atom. The van der Waals surface area contributed by atoms with Gasteiger partial charge in [-0.15, -0.1) is 5.10 Å². The number of halogens is 2. The molecule has 3 aromatic rings. The molecule has 0 saturated heterocycles. The highest BCUT2D eigenvalue weighted by molar-refractivity contribution is 6.03. The fourth-order valence-corrected chi connectivity index (χ4v) is 2.08. The van der Waals surface area contributed by atoms with Crippen molar-refractivity contribution in [3.8, 4) is 0 Å². The summed E-state index contributed by atoms with van der Waals surface area (Å²) in [6.45, 7) is -0.142. The van der Waals surface area contributed by atoms with Gasteiger partial charge in [-0.1, -0.05) is 0 Å². The van der Waals surface area contributed by atoms with Gasteiger partial charge in [0.1, 0.15) is 24.5 Å². The third kappa shape index (κ3) is 4.47. The second-order valence-electron chi connectivity index (χ2n) is 5.28. The van der Waals surface area contributed by atoms with Crippen LogP contribution in [0, 0.1) is 11.6 Å². The van der Waals surface area contributed by atoms with Crippen LogP contribution in [-0.2, 0) is 11.3 Å². The Bertz CT molecular complexity index is 923. The first-order valence-corrected chi connectivity index (χ1v) is 7.51. The lowest BCUT2D eigenvalue weighted by Crippen LogP contribution is -2.19. The van der Waals surface area contributed by atoms with Crippen LogP contribution < -0.4 is 10.6 Å². The lowest BCUT2D eigenvalue weighted by atomic mass is 10.2. The number of carbonyl (C=O) groups excluding carboxylic acids is 2. The van der Waals surface area contributed by atoms with Crippen molar-refractivity contribution in [2.75, 3.05) is 10.6 Å². The summed E-state index contributed by atoms with van der Waals surface area (Å²) in [6, 6.07) is 10.3. The molecule has 0 aliphatic heterocycles. The molecule has 2 aromatic carbocycles. The summed E-state index contributed by atoms with van der Waals surface area (Å²) in [4.78, 5) is 27.8. The van der Waals surface area contributed by atoms with E-state index in [0.29, 0.717) is 5.69 Å². The molecule has 0 radical (unpaired) electrons. The van der Waals surface area contributed by atoms with Gasteiger partial charge in [-0.2, -0.15) is 0 Å². The van der Waals surface area contributed by atoms with E-state index in [1.54, 1.807) is 0 Å². The number of hydrogen-bond acceptors (Lipinski definition) is 4. The highest BCUT2D eigenvalue weighted by Gasteiger charge is 2.11. The molecule has 26 heavy (non-hydrogen) atoms. The van der Waals surface area contributed by atoms with Gasteiger partial charge in [0.25, 0.3) is 5.91 Å². The van der Waals surface area contributed by atoms with Crippen molar-refractivity contribution >= 4 is 23.5 Å². The largest absolute Gasteiger partial charge is 0.324 e. The molecule has 0 bridgehead atoms. The Hall–Kier alpha value is -3.62. The smallest absolute Gasteiger partial charge is 0.258 e. The average molecular weight is 357 g/mol. The first-order chi connectivity index (χ1) is 12.5. The number of rotatable bonds is 5. The molecule has 0 fully saturated rings. The van der Waals surface area contributed by atoms with Gasteiger partial charge < -0.3 is 5.32 Å². The van der Waals surface area contributed by atoms with E-state index in [9.17, 15) is 18.4 Å². The standard InChI is InChI=1S/C17H13F2N5O2/c18-12-3-1-11(2-4-12)16(26)22-17-20-10-24(23-17)9-15(25)21-14-7-5-13(19)6-8-14/h1-8,10H,9H2,(H,21,25)(H,22,23,26). The number of aromatic nitrogens is 3. The number of nitrogens with one attached hydrogen (secondary N) is 2. The number of benzene rings is 2. The van der Waals surface area contributed by atoms with Crippen LogP contribution in [-0.4, -0.2) is 26.6 Å². The number of amides is 2. The van der Waals surface area contributed by atoms with Gasteiger partial charge in [-0.3, -0.25) is 14.9 Å². The molecule has 0 spiro atoms. The van der Waals surface area contributed by atoms with E-state index in [1.807, 2.05) is 0 Å². The molecular weight excluding hydrogens is 344 g/mol. The van der Waals surface area contributed by atoms with Gasteiger partial charge in [-0.25, -0.2) is 18.4 Å². The van der Waals surface area contributed by atoms with Crippen molar-refractivity contribution in [3.05, 3.63) is 72.1 Å². The van der Waals surface area contributed by atoms with E-state index >= 15 is 0 Å². The van der Waals surface area contributed by atoms with Crippen LogP contribution in [0.5, 0.6) is 0 Å². The van der Waals surface area contributed by atoms with Gasteiger partial charge in [0.2, 0.25) is 11.9 Å². The van der Waals surface area contributed by atoms with Gasteiger partial charge >= 0.3 is 0 Å². The minimum atomic E-state index is -0.501. The number of nitrogens with zero attached hydrogens (tertiary/aromatic N) is 3. The van der Waals surface area contributed by atoms with E-state index in [4.69, 9.17) is 0 Å². The Morgan fingerprint density at radius 3 is 2.19 bits per heavy atom. The molecule has 1 heterocycles. The monoisotopic (exact) mass is 357 g/mol. The fourth-order valence-electron chi connectivity index (χ4n) is 2.08. The summed E-state index contributed by atoms with van der Waals surface area (Å²) >= 11 is 0. The van der Waals surface area contributed by atoms with Crippen molar-refractivity contribution in [2.24, 2.45) is 0 Å². The van der Waals surface area contributed by atoms with E-state index in [0.717, 1.165) is 0 Å². The number of anilines is 2. The van der Waals surface area contributed by atoms with Gasteiger partial charge in [0, 0.05) is 11.3 Å². The van der Waals surface area contributed by atoms with Crippen molar-refractivity contribution in [1.29, 1.82) is 0 Å². The molecule has 2 amide bonds. The van der Waals surface area contributed by atoms with Gasteiger partial charge in [0.05, 0.1) is 0 Å². The zero-order chi connectivity index (χ0) is 18.5. The summed E-state index contributed by atoms with van der Waals surface area (Å²) in [6.07, 6.45) is 1.28. The SMILES string of the molecule is O=C(Cn1cnc(NC(=O)c2ccc(F)cc2)n1)Nc1ccc(F)cc1. The minimum absolute atomic E-state index is 0.00825. The molecule has 0 saturated carbocycles. The van der Waals surface area contributed by atoms with E-state index in [2.05, 4.69) is 20.7 Å². The highest BCUT2D eigenvalue weighted by atomic mass is 19.1. The Balaban J connectivity index is 1.57. The first-order valence-electron chi connectivity index (χ1n) is 7.51. The third-order valence-electron chi connectivity index (χ3n) is 3.30. The summed E-state index contributed by atoms with van der Waals surface area (Å²) in [5.41, 5.74) is 0.693. The molecule has 7 nitrogen and oxygen atoms in total. The average Bonchev–Trinajstić information content (AvgIpc) is 3.04. The molecule has 132 valence electrons. The molecule has 3 rings (SSSR count). The van der Waals surface area contributed by atoms with Gasteiger partial charge in [0.15, 0.2) is 0 Å². The highest BCUT2D eigenvalue weighted by Crippen LogP contribution is 2.09. The molecule has 0 aliphatic carbocycles. The lowest BCUT2D eigenvalue weighted by molar-refractivity contribution is -0.116. The van der Waals surface area contributed by atoms with Crippen molar-refractivity contribution < 1.29 is 18.4 Å². The number of hydrogen-bond donors (Lipinski definition) is 2. The van der Waals surface area contributed by atoms with Crippen LogP contribution in [0.25, 0.3) is 0 Å². The second kappa shape index (κ2) is 7.51. The van der Waals surface area contributed by atoms with E-state index < -0.39 is 23.4 Å². The van der Waals surface area contributed by atoms with Crippen molar-refractivity contribution in [3.63, 3.8) is 0 Å². The predicted molar refractivity (Wildman–Crippen MR) is 89.4 cm³/mol. The van der Waals surface area contributed by atoms with E-state index in [1.165, 1.54) is 59.5 Å². The summed E-state index contributed by atoms with van der Waals surface area (Å²) < 4.78 is 26.9.